The summed E-state index contributed by atoms with van der Waals surface area (Å²) in [6.07, 6.45) is 0.472. The molecule has 7 nitrogen and oxygen atoms in total. The molecule has 0 amide bonds. The van der Waals surface area contributed by atoms with E-state index in [0.29, 0.717) is 26.1 Å². The Morgan fingerprint density at radius 1 is 1.08 bits per heavy atom. The van der Waals surface area contributed by atoms with Crippen molar-refractivity contribution in [1.29, 1.82) is 0 Å². The highest BCUT2D eigenvalue weighted by Crippen LogP contribution is 2.48. The molecule has 0 aliphatic rings. The normalized spacial score (nSPS) is 15.0. The van der Waals surface area contributed by atoms with Gasteiger partial charge in [0.2, 0.25) is 0 Å². The molecule has 0 saturated carbocycles. The number of benzene rings is 1. The number of aliphatic hydroxyl groups excluding tert-OH is 1. The van der Waals surface area contributed by atoms with Crippen molar-refractivity contribution in [3.63, 3.8) is 0 Å². The standard InChI is InChI=1S/C16H27O7P/c1-3-10-22-24(18,19-2)23-14-15(17)13-20-11-7-12-21-16-8-5-4-6-9-16/h4-6,8-9,15,17H,3,7,10-14H2,1-2H3/t15-,24?/m0/s1. The molecule has 2 atom stereocenters. The summed E-state index contributed by atoms with van der Waals surface area (Å²) < 4.78 is 37.6. The lowest BCUT2D eigenvalue weighted by atomic mass is 10.3. The summed E-state index contributed by atoms with van der Waals surface area (Å²) in [5.74, 6) is 0.813. The molecule has 0 aromatic heterocycles. The third-order valence-corrected chi connectivity index (χ3v) is 4.27. The van der Waals surface area contributed by atoms with Gasteiger partial charge in [0.15, 0.2) is 0 Å². The molecule has 1 rings (SSSR count). The van der Waals surface area contributed by atoms with Gasteiger partial charge in [-0.3, -0.25) is 13.6 Å². The Morgan fingerprint density at radius 3 is 2.50 bits per heavy atom. The van der Waals surface area contributed by atoms with Crippen molar-refractivity contribution in [3.8, 4) is 5.75 Å². The van der Waals surface area contributed by atoms with Crippen LogP contribution in [0, 0.1) is 0 Å². The number of phosphoric acid groups is 1. The summed E-state index contributed by atoms with van der Waals surface area (Å²) in [5, 5.41) is 9.75. The molecule has 138 valence electrons. The molecular formula is C16H27O7P. The van der Waals surface area contributed by atoms with E-state index in [4.69, 9.17) is 23.0 Å². The maximum absolute atomic E-state index is 12.0. The van der Waals surface area contributed by atoms with E-state index in [1.807, 2.05) is 37.3 Å². The monoisotopic (exact) mass is 362 g/mol. The first kappa shape index (κ1) is 21.1. The molecular weight excluding hydrogens is 335 g/mol. The van der Waals surface area contributed by atoms with E-state index >= 15 is 0 Å². The summed E-state index contributed by atoms with van der Waals surface area (Å²) in [6, 6.07) is 9.51. The number of para-hydroxylation sites is 1. The van der Waals surface area contributed by atoms with E-state index in [1.54, 1.807) is 0 Å². The summed E-state index contributed by atoms with van der Waals surface area (Å²) in [5.41, 5.74) is 0. The van der Waals surface area contributed by atoms with Crippen LogP contribution in [0.4, 0.5) is 0 Å². The molecule has 8 heteroatoms. The predicted molar refractivity (Wildman–Crippen MR) is 90.2 cm³/mol. The Labute approximate surface area is 143 Å². The maximum atomic E-state index is 12.0. The van der Waals surface area contributed by atoms with Crippen LogP contribution in [0.2, 0.25) is 0 Å². The van der Waals surface area contributed by atoms with Crippen LogP contribution in [0.25, 0.3) is 0 Å². The number of hydrogen-bond donors (Lipinski definition) is 1. The van der Waals surface area contributed by atoms with Crippen molar-refractivity contribution >= 4 is 7.82 Å². The first-order valence-corrected chi connectivity index (χ1v) is 9.44. The number of ether oxygens (including phenoxy) is 2. The Morgan fingerprint density at radius 2 is 1.83 bits per heavy atom. The van der Waals surface area contributed by atoms with Crippen LogP contribution in [0.15, 0.2) is 30.3 Å². The highest BCUT2D eigenvalue weighted by molar-refractivity contribution is 7.48. The molecule has 1 unspecified atom stereocenters. The third kappa shape index (κ3) is 9.37. The van der Waals surface area contributed by atoms with E-state index in [2.05, 4.69) is 0 Å². The highest BCUT2D eigenvalue weighted by atomic mass is 31.2. The van der Waals surface area contributed by atoms with Crippen molar-refractivity contribution in [1.82, 2.24) is 0 Å². The zero-order chi connectivity index (χ0) is 17.7. The molecule has 0 aliphatic carbocycles. The minimum Gasteiger partial charge on any atom is -0.494 e. The second-order valence-electron chi connectivity index (χ2n) is 5.00. The average molecular weight is 362 g/mol. The lowest BCUT2D eigenvalue weighted by molar-refractivity contribution is -0.000933. The Bertz CT molecular complexity index is 469. The fourth-order valence-corrected chi connectivity index (χ4v) is 2.70. The lowest BCUT2D eigenvalue weighted by Crippen LogP contribution is -2.22. The van der Waals surface area contributed by atoms with Gasteiger partial charge in [0.1, 0.15) is 11.9 Å². The van der Waals surface area contributed by atoms with Gasteiger partial charge >= 0.3 is 7.82 Å². The fourth-order valence-electron chi connectivity index (χ4n) is 1.66. The lowest BCUT2D eigenvalue weighted by Gasteiger charge is -2.17. The highest BCUT2D eigenvalue weighted by Gasteiger charge is 2.25. The second kappa shape index (κ2) is 12.4. The van der Waals surface area contributed by atoms with Crippen molar-refractivity contribution in [3.05, 3.63) is 30.3 Å². The second-order valence-corrected chi connectivity index (χ2v) is 6.78. The quantitative estimate of drug-likeness (QED) is 0.402. The van der Waals surface area contributed by atoms with Crippen molar-refractivity contribution in [2.45, 2.75) is 25.9 Å². The Balaban J connectivity index is 2.07. The van der Waals surface area contributed by atoms with Gasteiger partial charge < -0.3 is 14.6 Å². The Kier molecular flexibility index (Phi) is 10.9. The molecule has 0 saturated heterocycles. The van der Waals surface area contributed by atoms with E-state index in [-0.39, 0.29) is 19.8 Å². The first-order chi connectivity index (χ1) is 11.6. The van der Waals surface area contributed by atoms with Crippen LogP contribution >= 0.6 is 7.82 Å². The van der Waals surface area contributed by atoms with Crippen molar-refractivity contribution in [2.24, 2.45) is 0 Å². The van der Waals surface area contributed by atoms with E-state index < -0.39 is 13.9 Å². The summed E-state index contributed by atoms with van der Waals surface area (Å²) >= 11 is 0. The molecule has 1 aromatic carbocycles. The van der Waals surface area contributed by atoms with Gasteiger partial charge in [-0.1, -0.05) is 25.1 Å². The first-order valence-electron chi connectivity index (χ1n) is 7.98. The van der Waals surface area contributed by atoms with Crippen LogP contribution in [0.1, 0.15) is 19.8 Å². The number of rotatable bonds is 14. The maximum Gasteiger partial charge on any atom is 0.474 e. The van der Waals surface area contributed by atoms with Crippen molar-refractivity contribution < 1.29 is 32.7 Å². The summed E-state index contributed by atoms with van der Waals surface area (Å²) in [4.78, 5) is 0. The average Bonchev–Trinajstić information content (AvgIpc) is 2.62. The molecule has 0 bridgehead atoms. The van der Waals surface area contributed by atoms with Gasteiger partial charge in [-0.25, -0.2) is 4.57 Å². The fraction of sp³-hybridized carbons (Fsp3) is 0.625. The largest absolute Gasteiger partial charge is 0.494 e. The number of phosphoric ester groups is 1. The van der Waals surface area contributed by atoms with Gasteiger partial charge in [0, 0.05) is 20.1 Å². The molecule has 1 aromatic rings. The van der Waals surface area contributed by atoms with Gasteiger partial charge in [-0.2, -0.15) is 0 Å². The summed E-state index contributed by atoms with van der Waals surface area (Å²) in [6.45, 7) is 3.00. The molecule has 0 spiro atoms. The number of aliphatic hydroxyl groups is 1. The van der Waals surface area contributed by atoms with Gasteiger partial charge in [-0.15, -0.1) is 0 Å². The van der Waals surface area contributed by atoms with Crippen LogP contribution in [-0.2, 0) is 22.9 Å². The van der Waals surface area contributed by atoms with E-state index in [1.165, 1.54) is 7.11 Å². The summed E-state index contributed by atoms with van der Waals surface area (Å²) in [7, 11) is -2.35. The molecule has 24 heavy (non-hydrogen) atoms. The van der Waals surface area contributed by atoms with E-state index in [0.717, 1.165) is 5.75 Å². The molecule has 0 radical (unpaired) electrons. The van der Waals surface area contributed by atoms with E-state index in [9.17, 15) is 9.67 Å². The molecule has 0 heterocycles. The van der Waals surface area contributed by atoms with Crippen LogP contribution < -0.4 is 4.74 Å². The van der Waals surface area contributed by atoms with Crippen LogP contribution in [0.5, 0.6) is 5.75 Å². The SMILES string of the molecule is CCCOP(=O)(OC)OC[C@@H](O)COCCCOc1ccccc1. The van der Waals surface area contributed by atoms with Crippen molar-refractivity contribution in [2.75, 3.05) is 40.1 Å². The minimum absolute atomic E-state index is 0.0723. The van der Waals surface area contributed by atoms with Gasteiger partial charge in [-0.05, 0) is 18.6 Å². The zero-order valence-corrected chi connectivity index (χ0v) is 15.2. The van der Waals surface area contributed by atoms with Gasteiger partial charge in [0.25, 0.3) is 0 Å². The number of hydrogen-bond acceptors (Lipinski definition) is 7. The predicted octanol–water partition coefficient (Wildman–Crippen LogP) is 3.03. The zero-order valence-electron chi connectivity index (χ0n) is 14.3. The van der Waals surface area contributed by atoms with Crippen LogP contribution in [0.3, 0.4) is 0 Å². The smallest absolute Gasteiger partial charge is 0.474 e. The topological polar surface area (TPSA) is 83.5 Å². The molecule has 0 aliphatic heterocycles. The Hall–Kier alpha value is -0.950. The van der Waals surface area contributed by atoms with Crippen LogP contribution in [-0.4, -0.2) is 51.4 Å². The molecule has 1 N–H and O–H groups in total. The third-order valence-electron chi connectivity index (χ3n) is 2.86. The van der Waals surface area contributed by atoms with Gasteiger partial charge in [0.05, 0.1) is 26.4 Å². The molecule has 0 fully saturated rings. The minimum atomic E-state index is -3.59.